The standard InChI is InChI=1S/C10H7ClF2N2O2S/c1-6-10(18(11,16)17)5-14-15(6)9-3-2-7(12)4-8(9)13/h2-5H,1H3. The highest BCUT2D eigenvalue weighted by atomic mass is 35.7. The highest BCUT2D eigenvalue weighted by molar-refractivity contribution is 8.13. The van der Waals surface area contributed by atoms with Gasteiger partial charge in [-0.3, -0.25) is 0 Å². The van der Waals surface area contributed by atoms with Crippen molar-refractivity contribution in [3.8, 4) is 5.69 Å². The minimum Gasteiger partial charge on any atom is -0.234 e. The van der Waals surface area contributed by atoms with E-state index < -0.39 is 20.7 Å². The van der Waals surface area contributed by atoms with Crippen LogP contribution in [0.2, 0.25) is 0 Å². The van der Waals surface area contributed by atoms with Crippen LogP contribution in [0.1, 0.15) is 5.69 Å². The van der Waals surface area contributed by atoms with E-state index in [1.54, 1.807) is 0 Å². The van der Waals surface area contributed by atoms with Crippen molar-refractivity contribution in [2.45, 2.75) is 11.8 Å². The fraction of sp³-hybridized carbons (Fsp3) is 0.100. The van der Waals surface area contributed by atoms with Crippen LogP contribution >= 0.6 is 10.7 Å². The van der Waals surface area contributed by atoms with E-state index in [0.717, 1.165) is 23.0 Å². The largest absolute Gasteiger partial charge is 0.264 e. The van der Waals surface area contributed by atoms with Crippen LogP contribution < -0.4 is 0 Å². The van der Waals surface area contributed by atoms with Gasteiger partial charge in [-0.05, 0) is 19.1 Å². The summed E-state index contributed by atoms with van der Waals surface area (Å²) < 4.78 is 49.7. The summed E-state index contributed by atoms with van der Waals surface area (Å²) in [5.41, 5.74) is 0.0935. The molecule has 1 aromatic carbocycles. The van der Waals surface area contributed by atoms with Gasteiger partial charge in [-0.15, -0.1) is 0 Å². The Morgan fingerprint density at radius 1 is 1.33 bits per heavy atom. The zero-order chi connectivity index (χ0) is 13.5. The first-order valence-electron chi connectivity index (χ1n) is 4.75. The molecule has 18 heavy (non-hydrogen) atoms. The van der Waals surface area contributed by atoms with Crippen molar-refractivity contribution in [3.63, 3.8) is 0 Å². The van der Waals surface area contributed by atoms with Crippen molar-refractivity contribution in [1.29, 1.82) is 0 Å². The van der Waals surface area contributed by atoms with Gasteiger partial charge in [0.05, 0.1) is 11.9 Å². The van der Waals surface area contributed by atoms with Gasteiger partial charge in [0.1, 0.15) is 16.4 Å². The van der Waals surface area contributed by atoms with Crippen LogP contribution in [-0.2, 0) is 9.05 Å². The lowest BCUT2D eigenvalue weighted by Crippen LogP contribution is -2.03. The van der Waals surface area contributed by atoms with Crippen LogP contribution in [0.25, 0.3) is 5.69 Å². The summed E-state index contributed by atoms with van der Waals surface area (Å²) in [5.74, 6) is -1.58. The van der Waals surface area contributed by atoms with Gasteiger partial charge in [0.15, 0.2) is 5.82 Å². The van der Waals surface area contributed by atoms with Crippen LogP contribution in [0.3, 0.4) is 0 Å². The van der Waals surface area contributed by atoms with Gasteiger partial charge in [-0.2, -0.15) is 5.10 Å². The molecule has 0 atom stereocenters. The minimum absolute atomic E-state index is 0.0551. The van der Waals surface area contributed by atoms with Crippen molar-refractivity contribution in [3.05, 3.63) is 41.7 Å². The molecule has 0 bridgehead atoms. The van der Waals surface area contributed by atoms with Crippen molar-refractivity contribution in [1.82, 2.24) is 9.78 Å². The molecule has 2 rings (SSSR count). The Labute approximate surface area is 106 Å². The maximum absolute atomic E-state index is 13.5. The lowest BCUT2D eigenvalue weighted by atomic mass is 10.3. The second-order valence-corrected chi connectivity index (χ2v) is 6.07. The normalized spacial score (nSPS) is 11.8. The van der Waals surface area contributed by atoms with Gasteiger partial charge in [0.2, 0.25) is 0 Å². The average molecular weight is 293 g/mol. The molecule has 0 radical (unpaired) electrons. The summed E-state index contributed by atoms with van der Waals surface area (Å²) in [6.07, 6.45) is 1.01. The third-order valence-corrected chi connectivity index (χ3v) is 3.79. The zero-order valence-electron chi connectivity index (χ0n) is 9.06. The van der Waals surface area contributed by atoms with Gasteiger partial charge in [0, 0.05) is 16.7 Å². The second kappa shape index (κ2) is 4.33. The lowest BCUT2D eigenvalue weighted by molar-refractivity contribution is 0.572. The zero-order valence-corrected chi connectivity index (χ0v) is 10.6. The van der Waals surface area contributed by atoms with Gasteiger partial charge in [0.25, 0.3) is 9.05 Å². The maximum Gasteiger partial charge on any atom is 0.264 e. The fourth-order valence-electron chi connectivity index (χ4n) is 1.53. The molecule has 0 fully saturated rings. The van der Waals surface area contributed by atoms with E-state index in [0.29, 0.717) is 6.07 Å². The smallest absolute Gasteiger partial charge is 0.234 e. The molecule has 0 saturated heterocycles. The van der Waals surface area contributed by atoms with E-state index in [1.165, 1.54) is 6.92 Å². The number of aromatic nitrogens is 2. The molecular weight excluding hydrogens is 286 g/mol. The van der Waals surface area contributed by atoms with E-state index in [9.17, 15) is 17.2 Å². The summed E-state index contributed by atoms with van der Waals surface area (Å²) in [6.45, 7) is 1.42. The Balaban J connectivity index is 2.63. The molecule has 2 aromatic rings. The van der Waals surface area contributed by atoms with Crippen molar-refractivity contribution >= 4 is 19.7 Å². The molecule has 1 heterocycles. The lowest BCUT2D eigenvalue weighted by Gasteiger charge is -2.06. The fourth-order valence-corrected chi connectivity index (χ4v) is 2.60. The summed E-state index contributed by atoms with van der Waals surface area (Å²) >= 11 is 0. The van der Waals surface area contributed by atoms with E-state index in [4.69, 9.17) is 10.7 Å². The Bertz CT molecular complexity index is 713. The molecule has 96 valence electrons. The van der Waals surface area contributed by atoms with Gasteiger partial charge in [-0.1, -0.05) is 0 Å². The molecule has 0 unspecified atom stereocenters. The first-order chi connectivity index (χ1) is 8.30. The third kappa shape index (κ3) is 2.23. The number of benzene rings is 1. The molecule has 0 aliphatic carbocycles. The van der Waals surface area contributed by atoms with Crippen LogP contribution in [0.5, 0.6) is 0 Å². The Morgan fingerprint density at radius 3 is 2.50 bits per heavy atom. The number of nitrogens with zero attached hydrogens (tertiary/aromatic N) is 2. The van der Waals surface area contributed by atoms with Crippen LogP contribution in [0.15, 0.2) is 29.3 Å². The summed E-state index contributed by atoms with van der Waals surface area (Å²) in [6, 6.07) is 2.90. The summed E-state index contributed by atoms with van der Waals surface area (Å²) in [4.78, 5) is -0.215. The van der Waals surface area contributed by atoms with Gasteiger partial charge >= 0.3 is 0 Å². The molecule has 4 nitrogen and oxygen atoms in total. The number of hydrogen-bond donors (Lipinski definition) is 0. The number of rotatable bonds is 2. The van der Waals surface area contributed by atoms with Crippen molar-refractivity contribution < 1.29 is 17.2 Å². The molecule has 0 aliphatic heterocycles. The Kier molecular flexibility index (Phi) is 3.12. The first-order valence-corrected chi connectivity index (χ1v) is 7.06. The monoisotopic (exact) mass is 292 g/mol. The van der Waals surface area contributed by atoms with Crippen molar-refractivity contribution in [2.75, 3.05) is 0 Å². The van der Waals surface area contributed by atoms with E-state index >= 15 is 0 Å². The van der Waals surface area contributed by atoms with Crippen LogP contribution in [0, 0.1) is 18.6 Å². The van der Waals surface area contributed by atoms with Gasteiger partial charge < -0.3 is 0 Å². The molecule has 8 heteroatoms. The van der Waals surface area contributed by atoms with E-state index in [1.807, 2.05) is 0 Å². The summed E-state index contributed by atoms with van der Waals surface area (Å²) in [7, 11) is 1.25. The number of halogens is 3. The predicted octanol–water partition coefficient (Wildman–Crippen LogP) is 2.39. The van der Waals surface area contributed by atoms with Crippen molar-refractivity contribution in [2.24, 2.45) is 0 Å². The predicted molar refractivity (Wildman–Crippen MR) is 61.3 cm³/mol. The van der Waals surface area contributed by atoms with Crippen LogP contribution in [0.4, 0.5) is 8.78 Å². The first kappa shape index (κ1) is 13.0. The quantitative estimate of drug-likeness (QED) is 0.799. The highest BCUT2D eigenvalue weighted by Crippen LogP contribution is 2.23. The third-order valence-electron chi connectivity index (χ3n) is 2.37. The van der Waals surface area contributed by atoms with E-state index in [2.05, 4.69) is 5.10 Å². The van der Waals surface area contributed by atoms with Gasteiger partial charge in [-0.25, -0.2) is 21.9 Å². The number of hydrogen-bond acceptors (Lipinski definition) is 3. The summed E-state index contributed by atoms with van der Waals surface area (Å²) in [5, 5.41) is 3.73. The molecular formula is C10H7ClF2N2O2S. The Hall–Kier alpha value is -1.47. The maximum atomic E-state index is 13.5. The molecule has 1 aromatic heterocycles. The highest BCUT2D eigenvalue weighted by Gasteiger charge is 2.20. The molecule has 0 saturated carbocycles. The topological polar surface area (TPSA) is 52.0 Å². The second-order valence-electron chi connectivity index (χ2n) is 3.54. The average Bonchev–Trinajstić information content (AvgIpc) is 2.60. The minimum atomic E-state index is -3.95. The SMILES string of the molecule is Cc1c(S(=O)(=O)Cl)cnn1-c1ccc(F)cc1F. The van der Waals surface area contributed by atoms with E-state index in [-0.39, 0.29) is 16.3 Å². The molecule has 0 amide bonds. The van der Waals surface area contributed by atoms with Crippen LogP contribution in [-0.4, -0.2) is 18.2 Å². The molecule has 0 spiro atoms. The molecule has 0 N–H and O–H groups in total. The Morgan fingerprint density at radius 2 is 2.00 bits per heavy atom. The molecule has 0 aliphatic rings.